The number of rotatable bonds is 4. The van der Waals surface area contributed by atoms with Gasteiger partial charge in [0.1, 0.15) is 0 Å². The second-order valence-electron chi connectivity index (χ2n) is 3.09. The molecular weight excluding hydrogens is 253 g/mol. The summed E-state index contributed by atoms with van der Waals surface area (Å²) in [6.45, 7) is 7.01. The van der Waals surface area contributed by atoms with Gasteiger partial charge in [-0.25, -0.2) is 0 Å². The third kappa shape index (κ3) is 6.59. The van der Waals surface area contributed by atoms with Gasteiger partial charge in [-0.15, -0.1) is 0 Å². The second kappa shape index (κ2) is 5.80. The van der Waals surface area contributed by atoms with E-state index in [0.29, 0.717) is 5.92 Å². The average Bonchev–Trinajstić information content (AvgIpc) is 1.86. The highest BCUT2D eigenvalue weighted by molar-refractivity contribution is 14.1. The number of amides is 1. The molecule has 0 radical (unpaired) electrons. The molecule has 0 saturated carbocycles. The molecule has 3 heteroatoms. The van der Waals surface area contributed by atoms with Crippen molar-refractivity contribution >= 4 is 28.5 Å². The zero-order valence-electron chi connectivity index (χ0n) is 7.36. The first kappa shape index (κ1) is 11.2. The highest BCUT2D eigenvalue weighted by Crippen LogP contribution is 1.99. The summed E-state index contributed by atoms with van der Waals surface area (Å²) >= 11 is 2.11. The highest BCUT2D eigenvalue weighted by Gasteiger charge is 2.06. The average molecular weight is 269 g/mol. The summed E-state index contributed by atoms with van der Waals surface area (Å²) in [6, 6.07) is 0. The number of carbonyl (C=O) groups excluding carboxylic acids is 1. The Balaban J connectivity index is 3.32. The Morgan fingerprint density at radius 3 is 2.36 bits per heavy atom. The van der Waals surface area contributed by atoms with Gasteiger partial charge in [0, 0.05) is 6.54 Å². The summed E-state index contributed by atoms with van der Waals surface area (Å²) in [5.41, 5.74) is 0. The summed E-state index contributed by atoms with van der Waals surface area (Å²) in [6.07, 6.45) is 1.06. The summed E-state index contributed by atoms with van der Waals surface area (Å²) in [7, 11) is 0. The molecule has 1 unspecified atom stereocenters. The van der Waals surface area contributed by atoms with Crippen molar-refractivity contribution in [2.24, 2.45) is 5.92 Å². The van der Waals surface area contributed by atoms with E-state index in [0.717, 1.165) is 13.0 Å². The summed E-state index contributed by atoms with van der Waals surface area (Å²) in [5, 5.41) is 2.87. The maximum Gasteiger partial charge on any atom is 0.232 e. The van der Waals surface area contributed by atoms with Crippen LogP contribution in [0.2, 0.25) is 0 Å². The molecule has 0 aliphatic heterocycles. The SMILES string of the molecule is CC(C)CCNC(=O)C(C)I. The van der Waals surface area contributed by atoms with Crippen molar-refractivity contribution in [1.82, 2.24) is 5.32 Å². The van der Waals surface area contributed by atoms with Gasteiger partial charge in [0.25, 0.3) is 0 Å². The molecule has 11 heavy (non-hydrogen) atoms. The van der Waals surface area contributed by atoms with Gasteiger partial charge < -0.3 is 5.32 Å². The van der Waals surface area contributed by atoms with Crippen LogP contribution in [0.25, 0.3) is 0 Å². The zero-order valence-corrected chi connectivity index (χ0v) is 9.51. The summed E-state index contributed by atoms with van der Waals surface area (Å²) < 4.78 is 0.0831. The fraction of sp³-hybridized carbons (Fsp3) is 0.875. The van der Waals surface area contributed by atoms with Crippen LogP contribution in [0.3, 0.4) is 0 Å². The lowest BCUT2D eigenvalue weighted by Gasteiger charge is -2.07. The molecule has 2 nitrogen and oxygen atoms in total. The molecule has 66 valence electrons. The van der Waals surface area contributed by atoms with Crippen LogP contribution in [0.15, 0.2) is 0 Å². The second-order valence-corrected chi connectivity index (χ2v) is 4.96. The molecule has 0 saturated heterocycles. The Morgan fingerprint density at radius 2 is 2.00 bits per heavy atom. The molecule has 0 aromatic heterocycles. The molecule has 0 bridgehead atoms. The van der Waals surface area contributed by atoms with Gasteiger partial charge in [-0.3, -0.25) is 4.79 Å². The van der Waals surface area contributed by atoms with Gasteiger partial charge in [-0.1, -0.05) is 36.4 Å². The topological polar surface area (TPSA) is 29.1 Å². The number of nitrogens with one attached hydrogen (secondary N) is 1. The lowest BCUT2D eigenvalue weighted by molar-refractivity contribution is -0.119. The van der Waals surface area contributed by atoms with Crippen molar-refractivity contribution in [2.75, 3.05) is 6.54 Å². The molecule has 0 aliphatic carbocycles. The molecule has 0 aliphatic rings. The maximum absolute atomic E-state index is 11.0. The van der Waals surface area contributed by atoms with E-state index in [-0.39, 0.29) is 9.83 Å². The molecule has 0 spiro atoms. The maximum atomic E-state index is 11.0. The normalized spacial score (nSPS) is 13.2. The van der Waals surface area contributed by atoms with Crippen LogP contribution in [0, 0.1) is 5.92 Å². The van der Waals surface area contributed by atoms with Gasteiger partial charge in [0.05, 0.1) is 3.92 Å². The van der Waals surface area contributed by atoms with E-state index in [2.05, 4.69) is 41.8 Å². The molecule has 0 fully saturated rings. The number of hydrogen-bond donors (Lipinski definition) is 1. The van der Waals surface area contributed by atoms with E-state index in [1.54, 1.807) is 0 Å². The van der Waals surface area contributed by atoms with Crippen LogP contribution in [-0.4, -0.2) is 16.4 Å². The molecular formula is C8H16INO. The number of alkyl halides is 1. The highest BCUT2D eigenvalue weighted by atomic mass is 127. The van der Waals surface area contributed by atoms with Crippen LogP contribution in [0.4, 0.5) is 0 Å². The van der Waals surface area contributed by atoms with Gasteiger partial charge in [0.2, 0.25) is 5.91 Å². The van der Waals surface area contributed by atoms with E-state index in [9.17, 15) is 4.79 Å². The number of carbonyl (C=O) groups is 1. The standard InChI is InChI=1S/C8H16INO/c1-6(2)4-5-10-8(11)7(3)9/h6-7H,4-5H2,1-3H3,(H,10,11). The van der Waals surface area contributed by atoms with E-state index in [1.807, 2.05) is 6.92 Å². The van der Waals surface area contributed by atoms with Crippen LogP contribution < -0.4 is 5.32 Å². The predicted molar refractivity (Wildman–Crippen MR) is 55.9 cm³/mol. The van der Waals surface area contributed by atoms with Crippen LogP contribution in [-0.2, 0) is 4.79 Å². The summed E-state index contributed by atoms with van der Waals surface area (Å²) in [5.74, 6) is 0.811. The minimum Gasteiger partial charge on any atom is -0.355 e. The van der Waals surface area contributed by atoms with E-state index < -0.39 is 0 Å². The molecule has 1 N–H and O–H groups in total. The Kier molecular flexibility index (Phi) is 5.91. The lowest BCUT2D eigenvalue weighted by Crippen LogP contribution is -2.30. The van der Waals surface area contributed by atoms with Crippen molar-refractivity contribution in [1.29, 1.82) is 0 Å². The molecule has 0 aromatic rings. The number of hydrogen-bond acceptors (Lipinski definition) is 1. The van der Waals surface area contributed by atoms with E-state index in [4.69, 9.17) is 0 Å². The van der Waals surface area contributed by atoms with Crippen molar-refractivity contribution in [2.45, 2.75) is 31.1 Å². The third-order valence-corrected chi connectivity index (χ3v) is 1.95. The van der Waals surface area contributed by atoms with Crippen molar-refractivity contribution < 1.29 is 4.79 Å². The largest absolute Gasteiger partial charge is 0.355 e. The van der Waals surface area contributed by atoms with Crippen molar-refractivity contribution in [3.05, 3.63) is 0 Å². The predicted octanol–water partition coefficient (Wildman–Crippen LogP) is 1.97. The van der Waals surface area contributed by atoms with Crippen molar-refractivity contribution in [3.63, 3.8) is 0 Å². The zero-order chi connectivity index (χ0) is 8.85. The minimum atomic E-state index is 0.0831. The third-order valence-electron chi connectivity index (χ3n) is 1.38. The Bertz CT molecular complexity index is 123. The Hall–Kier alpha value is 0.200. The molecule has 0 rings (SSSR count). The first-order valence-corrected chi connectivity index (χ1v) is 5.20. The van der Waals surface area contributed by atoms with Crippen molar-refractivity contribution in [3.8, 4) is 0 Å². The smallest absolute Gasteiger partial charge is 0.232 e. The lowest BCUT2D eigenvalue weighted by atomic mass is 10.1. The first-order chi connectivity index (χ1) is 5.04. The van der Waals surface area contributed by atoms with Gasteiger partial charge in [0.15, 0.2) is 0 Å². The quantitative estimate of drug-likeness (QED) is 0.613. The van der Waals surface area contributed by atoms with Crippen LogP contribution in [0.1, 0.15) is 27.2 Å². The minimum absolute atomic E-state index is 0.0831. The van der Waals surface area contributed by atoms with Gasteiger partial charge in [-0.2, -0.15) is 0 Å². The fourth-order valence-electron chi connectivity index (χ4n) is 0.625. The van der Waals surface area contributed by atoms with Gasteiger partial charge in [-0.05, 0) is 19.3 Å². The number of halogens is 1. The monoisotopic (exact) mass is 269 g/mol. The summed E-state index contributed by atoms with van der Waals surface area (Å²) in [4.78, 5) is 11.0. The Labute approximate surface area is 82.3 Å². The molecule has 1 amide bonds. The Morgan fingerprint density at radius 1 is 1.45 bits per heavy atom. The molecule has 0 aromatic carbocycles. The van der Waals surface area contributed by atoms with E-state index in [1.165, 1.54) is 0 Å². The molecule has 1 atom stereocenters. The van der Waals surface area contributed by atoms with Gasteiger partial charge >= 0.3 is 0 Å². The first-order valence-electron chi connectivity index (χ1n) is 3.95. The molecule has 0 heterocycles. The fourth-order valence-corrected chi connectivity index (χ4v) is 0.845. The van der Waals surface area contributed by atoms with Crippen LogP contribution in [0.5, 0.6) is 0 Å². The van der Waals surface area contributed by atoms with Crippen LogP contribution >= 0.6 is 22.6 Å². The van der Waals surface area contributed by atoms with E-state index >= 15 is 0 Å².